The first kappa shape index (κ1) is 12.0. The summed E-state index contributed by atoms with van der Waals surface area (Å²) in [4.78, 5) is 18.1. The number of benzene rings is 1. The van der Waals surface area contributed by atoms with Crippen LogP contribution in [0.4, 0.5) is 4.39 Å². The van der Waals surface area contributed by atoms with Gasteiger partial charge >= 0.3 is 12.0 Å². The maximum absolute atomic E-state index is 12.6. The van der Waals surface area contributed by atoms with Crippen LogP contribution in [0.2, 0.25) is 0 Å². The third-order valence-corrected chi connectivity index (χ3v) is 2.23. The summed E-state index contributed by atoms with van der Waals surface area (Å²) in [5.74, 6) is -1.17. The Labute approximate surface area is 102 Å². The first-order valence-electron chi connectivity index (χ1n) is 5.05. The number of carboxylic acids is 1. The number of hydrogen-bond acceptors (Lipinski definition) is 4. The largest absolute Gasteiger partial charge is 0.478 e. The molecule has 1 aromatic heterocycles. The molecule has 6 heteroatoms. The van der Waals surface area contributed by atoms with E-state index in [1.807, 2.05) is 0 Å². The zero-order valence-electron chi connectivity index (χ0n) is 9.42. The van der Waals surface area contributed by atoms with Crippen molar-refractivity contribution in [2.24, 2.45) is 0 Å². The van der Waals surface area contributed by atoms with E-state index < -0.39 is 11.8 Å². The van der Waals surface area contributed by atoms with Crippen molar-refractivity contribution in [3.05, 3.63) is 47.5 Å². The molecule has 18 heavy (non-hydrogen) atoms. The molecule has 0 aliphatic carbocycles. The van der Waals surface area contributed by atoms with Gasteiger partial charge in [0.15, 0.2) is 5.82 Å². The molecule has 0 aliphatic heterocycles. The summed E-state index contributed by atoms with van der Waals surface area (Å²) in [6.45, 7) is 1.65. The maximum atomic E-state index is 12.6. The van der Waals surface area contributed by atoms with Crippen LogP contribution in [-0.4, -0.2) is 21.0 Å². The van der Waals surface area contributed by atoms with Crippen LogP contribution in [-0.2, 0) is 0 Å². The van der Waals surface area contributed by atoms with Crippen LogP contribution < -0.4 is 4.74 Å². The summed E-state index contributed by atoms with van der Waals surface area (Å²) >= 11 is 0. The molecule has 5 nitrogen and oxygen atoms in total. The molecule has 92 valence electrons. The van der Waals surface area contributed by atoms with Crippen LogP contribution in [0.25, 0.3) is 0 Å². The molecule has 0 atom stereocenters. The highest BCUT2D eigenvalue weighted by atomic mass is 19.1. The van der Waals surface area contributed by atoms with Gasteiger partial charge in [-0.05, 0) is 30.7 Å². The van der Waals surface area contributed by atoms with Crippen LogP contribution >= 0.6 is 0 Å². The lowest BCUT2D eigenvalue weighted by Crippen LogP contribution is -2.00. The smallest absolute Gasteiger partial charge is 0.335 e. The fraction of sp³-hybridized carbons (Fsp3) is 0.0833. The number of carboxylic acid groups (broad SMARTS) is 1. The second-order valence-corrected chi connectivity index (χ2v) is 3.57. The zero-order chi connectivity index (χ0) is 13.1. The second-order valence-electron chi connectivity index (χ2n) is 3.57. The fourth-order valence-electron chi connectivity index (χ4n) is 1.40. The Morgan fingerprint density at radius 2 is 2.00 bits per heavy atom. The highest BCUT2D eigenvalue weighted by Gasteiger charge is 2.08. The van der Waals surface area contributed by atoms with Gasteiger partial charge < -0.3 is 9.84 Å². The number of hydrogen-bond donors (Lipinski definition) is 1. The van der Waals surface area contributed by atoms with Gasteiger partial charge in [-0.3, -0.25) is 0 Å². The van der Waals surface area contributed by atoms with Gasteiger partial charge in [-0.2, -0.15) is 0 Å². The van der Waals surface area contributed by atoms with Crippen molar-refractivity contribution in [3.8, 4) is 11.8 Å². The SMILES string of the molecule is Cc1cc(Oc2ncc(F)cn2)ccc1C(=O)O. The van der Waals surface area contributed by atoms with E-state index in [2.05, 4.69) is 9.97 Å². The first-order valence-corrected chi connectivity index (χ1v) is 5.05. The molecule has 2 rings (SSSR count). The van der Waals surface area contributed by atoms with Crippen molar-refractivity contribution in [2.45, 2.75) is 6.92 Å². The van der Waals surface area contributed by atoms with Crippen molar-refractivity contribution in [1.82, 2.24) is 9.97 Å². The van der Waals surface area contributed by atoms with Gasteiger partial charge in [-0.1, -0.05) is 0 Å². The molecule has 0 unspecified atom stereocenters. The van der Waals surface area contributed by atoms with Gasteiger partial charge in [0, 0.05) is 0 Å². The second kappa shape index (κ2) is 4.79. The quantitative estimate of drug-likeness (QED) is 0.902. The molecule has 1 aromatic carbocycles. The van der Waals surface area contributed by atoms with Gasteiger partial charge in [0.1, 0.15) is 5.75 Å². The van der Waals surface area contributed by atoms with Crippen LogP contribution in [0.1, 0.15) is 15.9 Å². The fourth-order valence-corrected chi connectivity index (χ4v) is 1.40. The Bertz CT molecular complexity index is 584. The molecule has 0 radical (unpaired) electrons. The normalized spacial score (nSPS) is 10.1. The predicted octanol–water partition coefficient (Wildman–Crippen LogP) is 2.41. The number of halogens is 1. The Hall–Kier alpha value is -2.50. The van der Waals surface area contributed by atoms with Crippen molar-refractivity contribution in [3.63, 3.8) is 0 Å². The van der Waals surface area contributed by atoms with Crippen LogP contribution in [0, 0.1) is 12.7 Å². The molecule has 1 N–H and O–H groups in total. The molecule has 0 bridgehead atoms. The summed E-state index contributed by atoms with van der Waals surface area (Å²) in [6.07, 6.45) is 1.97. The molecular formula is C12H9FN2O3. The van der Waals surface area contributed by atoms with Crippen molar-refractivity contribution < 1.29 is 19.0 Å². The Morgan fingerprint density at radius 3 is 2.56 bits per heavy atom. The van der Waals surface area contributed by atoms with Crippen LogP contribution in [0.5, 0.6) is 11.8 Å². The summed E-state index contributed by atoms with van der Waals surface area (Å²) in [6, 6.07) is 4.47. The lowest BCUT2D eigenvalue weighted by atomic mass is 10.1. The number of nitrogens with zero attached hydrogens (tertiary/aromatic N) is 2. The first-order chi connectivity index (χ1) is 8.56. The van der Waals surface area contributed by atoms with Gasteiger partial charge in [-0.15, -0.1) is 0 Å². The lowest BCUT2D eigenvalue weighted by Gasteiger charge is -2.06. The molecule has 0 saturated heterocycles. The highest BCUT2D eigenvalue weighted by Crippen LogP contribution is 2.21. The molecule has 0 saturated carbocycles. The lowest BCUT2D eigenvalue weighted by molar-refractivity contribution is 0.0696. The third kappa shape index (κ3) is 2.60. The summed E-state index contributed by atoms with van der Waals surface area (Å²) in [5.41, 5.74) is 0.754. The van der Waals surface area contributed by atoms with Gasteiger partial charge in [0.25, 0.3) is 0 Å². The third-order valence-electron chi connectivity index (χ3n) is 2.23. The Morgan fingerprint density at radius 1 is 1.33 bits per heavy atom. The monoisotopic (exact) mass is 248 g/mol. The molecule has 2 aromatic rings. The summed E-state index contributed by atoms with van der Waals surface area (Å²) in [5, 5.41) is 8.87. The minimum absolute atomic E-state index is 0.00104. The van der Waals surface area contributed by atoms with E-state index in [1.165, 1.54) is 12.1 Å². The van der Waals surface area contributed by atoms with E-state index in [9.17, 15) is 9.18 Å². The number of ether oxygens (including phenoxy) is 1. The van der Waals surface area contributed by atoms with Crippen molar-refractivity contribution in [2.75, 3.05) is 0 Å². The van der Waals surface area contributed by atoms with E-state index in [0.29, 0.717) is 11.3 Å². The van der Waals surface area contributed by atoms with E-state index in [1.54, 1.807) is 13.0 Å². The minimum Gasteiger partial charge on any atom is -0.478 e. The van der Waals surface area contributed by atoms with Gasteiger partial charge in [-0.25, -0.2) is 19.2 Å². The summed E-state index contributed by atoms with van der Waals surface area (Å²) < 4.78 is 17.9. The number of carbonyl (C=O) groups is 1. The average molecular weight is 248 g/mol. The Kier molecular flexibility index (Phi) is 3.18. The highest BCUT2D eigenvalue weighted by molar-refractivity contribution is 5.89. The van der Waals surface area contributed by atoms with Crippen LogP contribution in [0.15, 0.2) is 30.6 Å². The Balaban J connectivity index is 2.22. The number of aromatic carboxylic acids is 1. The van der Waals surface area contributed by atoms with Gasteiger partial charge in [0.2, 0.25) is 0 Å². The number of aryl methyl sites for hydroxylation is 1. The standard InChI is InChI=1S/C12H9FN2O3/c1-7-4-9(2-3-10(7)11(16)17)18-12-14-5-8(13)6-15-12/h2-6H,1H3,(H,16,17). The summed E-state index contributed by atoms with van der Waals surface area (Å²) in [7, 11) is 0. The average Bonchev–Trinajstić information content (AvgIpc) is 2.32. The van der Waals surface area contributed by atoms with E-state index >= 15 is 0 Å². The topological polar surface area (TPSA) is 72.3 Å². The predicted molar refractivity (Wildman–Crippen MR) is 60.2 cm³/mol. The molecule has 1 heterocycles. The number of rotatable bonds is 3. The molecule has 0 aliphatic rings. The zero-order valence-corrected chi connectivity index (χ0v) is 9.42. The van der Waals surface area contributed by atoms with E-state index in [-0.39, 0.29) is 11.6 Å². The van der Waals surface area contributed by atoms with Crippen molar-refractivity contribution in [1.29, 1.82) is 0 Å². The number of aromatic nitrogens is 2. The molecule has 0 spiro atoms. The maximum Gasteiger partial charge on any atom is 0.335 e. The van der Waals surface area contributed by atoms with Crippen molar-refractivity contribution >= 4 is 5.97 Å². The van der Waals surface area contributed by atoms with Crippen LogP contribution in [0.3, 0.4) is 0 Å². The molecular weight excluding hydrogens is 239 g/mol. The minimum atomic E-state index is -1.00. The molecule has 0 amide bonds. The van der Waals surface area contributed by atoms with E-state index in [4.69, 9.17) is 9.84 Å². The van der Waals surface area contributed by atoms with E-state index in [0.717, 1.165) is 12.4 Å². The molecule has 0 fully saturated rings. The van der Waals surface area contributed by atoms with Gasteiger partial charge in [0.05, 0.1) is 18.0 Å².